The second-order valence-electron chi connectivity index (χ2n) is 5.31. The van der Waals surface area contributed by atoms with Gasteiger partial charge in [0.05, 0.1) is 22.6 Å². The first-order chi connectivity index (χ1) is 9.80. The molecule has 0 saturated heterocycles. The second kappa shape index (κ2) is 5.63. The zero-order chi connectivity index (χ0) is 15.7. The predicted octanol–water partition coefficient (Wildman–Crippen LogP) is 0.550. The van der Waals surface area contributed by atoms with Gasteiger partial charge in [0.2, 0.25) is 10.0 Å². The SMILES string of the molecule is Nc1ccc(S(=O)(=O)NC2(CO)CCCC2)c(C(=O)O)c1. The Labute approximate surface area is 122 Å². The monoisotopic (exact) mass is 314 g/mol. The zero-order valence-electron chi connectivity index (χ0n) is 11.4. The van der Waals surface area contributed by atoms with Gasteiger partial charge in [-0.25, -0.2) is 17.9 Å². The molecule has 5 N–H and O–H groups in total. The summed E-state index contributed by atoms with van der Waals surface area (Å²) in [5.41, 5.74) is 4.39. The zero-order valence-corrected chi connectivity index (χ0v) is 12.2. The maximum Gasteiger partial charge on any atom is 0.337 e. The number of nitrogens with two attached hydrogens (primary N) is 1. The van der Waals surface area contributed by atoms with Gasteiger partial charge < -0.3 is 15.9 Å². The van der Waals surface area contributed by atoms with Crippen molar-refractivity contribution in [2.45, 2.75) is 36.1 Å². The molecule has 0 amide bonds. The third-order valence-electron chi connectivity index (χ3n) is 3.74. The molecule has 21 heavy (non-hydrogen) atoms. The Morgan fingerprint density at radius 1 is 1.33 bits per heavy atom. The van der Waals surface area contributed by atoms with Crippen LogP contribution in [-0.2, 0) is 10.0 Å². The number of aliphatic hydroxyl groups is 1. The molecule has 7 nitrogen and oxygen atoms in total. The standard InChI is InChI=1S/C13H18N2O5S/c14-9-3-4-11(10(7-9)12(17)18)21(19,20)15-13(8-16)5-1-2-6-13/h3-4,7,15-16H,1-2,5-6,8,14H2,(H,17,18). The van der Waals surface area contributed by atoms with Gasteiger partial charge >= 0.3 is 5.97 Å². The summed E-state index contributed by atoms with van der Waals surface area (Å²) in [7, 11) is -4.05. The summed E-state index contributed by atoms with van der Waals surface area (Å²) in [6.07, 6.45) is 2.69. The highest BCUT2D eigenvalue weighted by Gasteiger charge is 2.38. The Balaban J connectivity index is 2.42. The quantitative estimate of drug-likeness (QED) is 0.587. The molecule has 0 aliphatic heterocycles. The highest BCUT2D eigenvalue weighted by atomic mass is 32.2. The van der Waals surface area contributed by atoms with Crippen LogP contribution in [0, 0.1) is 0 Å². The lowest BCUT2D eigenvalue weighted by Crippen LogP contribution is -2.49. The molecule has 0 aromatic heterocycles. The van der Waals surface area contributed by atoms with Gasteiger partial charge in [-0.15, -0.1) is 0 Å². The van der Waals surface area contributed by atoms with Crippen molar-refractivity contribution in [2.24, 2.45) is 0 Å². The van der Waals surface area contributed by atoms with Crippen LogP contribution in [0.1, 0.15) is 36.0 Å². The summed E-state index contributed by atoms with van der Waals surface area (Å²) in [6, 6.07) is 3.61. The van der Waals surface area contributed by atoms with E-state index in [2.05, 4.69) is 4.72 Å². The van der Waals surface area contributed by atoms with Gasteiger partial charge in [0, 0.05) is 5.69 Å². The number of hydrogen-bond donors (Lipinski definition) is 4. The van der Waals surface area contributed by atoms with Crippen LogP contribution >= 0.6 is 0 Å². The molecule has 1 saturated carbocycles. The van der Waals surface area contributed by atoms with Crippen molar-refractivity contribution >= 4 is 21.7 Å². The summed E-state index contributed by atoms with van der Waals surface area (Å²) in [5, 5.41) is 18.6. The first-order valence-electron chi connectivity index (χ1n) is 6.57. The molecular weight excluding hydrogens is 296 g/mol. The van der Waals surface area contributed by atoms with E-state index in [0.717, 1.165) is 18.9 Å². The van der Waals surface area contributed by atoms with Crippen molar-refractivity contribution in [1.82, 2.24) is 4.72 Å². The predicted molar refractivity (Wildman–Crippen MR) is 76.4 cm³/mol. The number of benzene rings is 1. The average molecular weight is 314 g/mol. The Morgan fingerprint density at radius 3 is 2.48 bits per heavy atom. The van der Waals surface area contributed by atoms with Crippen LogP contribution in [0.5, 0.6) is 0 Å². The Morgan fingerprint density at radius 2 is 1.95 bits per heavy atom. The van der Waals surface area contributed by atoms with Crippen molar-refractivity contribution in [3.63, 3.8) is 0 Å². The summed E-state index contributed by atoms with van der Waals surface area (Å²) in [5.74, 6) is -1.37. The molecule has 0 radical (unpaired) electrons. The number of nitrogens with one attached hydrogen (secondary N) is 1. The molecule has 0 bridgehead atoms. The maximum absolute atomic E-state index is 12.5. The van der Waals surface area contributed by atoms with Crippen LogP contribution in [0.4, 0.5) is 5.69 Å². The minimum Gasteiger partial charge on any atom is -0.478 e. The number of aromatic carboxylic acids is 1. The van der Waals surface area contributed by atoms with Gasteiger partial charge in [0.25, 0.3) is 0 Å². The number of rotatable bonds is 5. The lowest BCUT2D eigenvalue weighted by Gasteiger charge is -2.27. The molecule has 1 aliphatic rings. The van der Waals surface area contributed by atoms with Gasteiger partial charge in [-0.2, -0.15) is 0 Å². The molecule has 1 aliphatic carbocycles. The van der Waals surface area contributed by atoms with Gasteiger partial charge in [0.15, 0.2) is 0 Å². The van der Waals surface area contributed by atoms with Gasteiger partial charge in [-0.3, -0.25) is 0 Å². The van der Waals surface area contributed by atoms with Crippen LogP contribution in [0.2, 0.25) is 0 Å². The lowest BCUT2D eigenvalue weighted by atomic mass is 10.0. The van der Waals surface area contributed by atoms with E-state index < -0.39 is 21.5 Å². The van der Waals surface area contributed by atoms with E-state index in [0.29, 0.717) is 12.8 Å². The molecule has 0 atom stereocenters. The molecule has 116 valence electrons. The third-order valence-corrected chi connectivity index (χ3v) is 5.37. The highest BCUT2D eigenvalue weighted by molar-refractivity contribution is 7.89. The fourth-order valence-electron chi connectivity index (χ4n) is 2.63. The summed E-state index contributed by atoms with van der Waals surface area (Å²) in [4.78, 5) is 10.9. The van der Waals surface area contributed by atoms with Crippen LogP contribution in [0.25, 0.3) is 0 Å². The normalized spacial score (nSPS) is 17.8. The molecule has 1 fully saturated rings. The minimum atomic E-state index is -4.05. The summed E-state index contributed by atoms with van der Waals surface area (Å²) >= 11 is 0. The third kappa shape index (κ3) is 3.17. The summed E-state index contributed by atoms with van der Waals surface area (Å²) in [6.45, 7) is -0.316. The number of sulfonamides is 1. The molecule has 0 unspecified atom stereocenters. The largest absolute Gasteiger partial charge is 0.478 e. The fourth-order valence-corrected chi connectivity index (χ4v) is 4.26. The van der Waals surface area contributed by atoms with Crippen LogP contribution in [0.15, 0.2) is 23.1 Å². The lowest BCUT2D eigenvalue weighted by molar-refractivity contribution is 0.0692. The molecule has 0 spiro atoms. The molecule has 1 aromatic rings. The highest BCUT2D eigenvalue weighted by Crippen LogP contribution is 2.31. The number of carboxylic acids is 1. The van der Waals surface area contributed by atoms with Crippen LogP contribution in [-0.4, -0.2) is 36.7 Å². The number of nitrogen functional groups attached to an aromatic ring is 1. The maximum atomic E-state index is 12.5. The average Bonchev–Trinajstić information content (AvgIpc) is 2.86. The number of aliphatic hydroxyl groups excluding tert-OH is 1. The van der Waals surface area contributed by atoms with E-state index >= 15 is 0 Å². The smallest absolute Gasteiger partial charge is 0.337 e. The van der Waals surface area contributed by atoms with E-state index in [-0.39, 0.29) is 22.8 Å². The van der Waals surface area contributed by atoms with Crippen molar-refractivity contribution < 1.29 is 23.4 Å². The van der Waals surface area contributed by atoms with Crippen molar-refractivity contribution in [1.29, 1.82) is 0 Å². The fraction of sp³-hybridized carbons (Fsp3) is 0.462. The Bertz CT molecular complexity index is 651. The van der Waals surface area contributed by atoms with E-state index in [1.165, 1.54) is 12.1 Å². The van der Waals surface area contributed by atoms with E-state index in [1.54, 1.807) is 0 Å². The topological polar surface area (TPSA) is 130 Å². The number of hydrogen-bond acceptors (Lipinski definition) is 5. The number of anilines is 1. The van der Waals surface area contributed by atoms with Gasteiger partial charge in [-0.1, -0.05) is 12.8 Å². The molecule has 0 heterocycles. The summed E-state index contributed by atoms with van der Waals surface area (Å²) < 4.78 is 27.4. The Hall–Kier alpha value is -1.64. The molecule has 1 aromatic carbocycles. The molecular formula is C13H18N2O5S. The van der Waals surface area contributed by atoms with Gasteiger partial charge in [0.1, 0.15) is 0 Å². The van der Waals surface area contributed by atoms with E-state index in [9.17, 15) is 18.3 Å². The van der Waals surface area contributed by atoms with E-state index in [1.807, 2.05) is 0 Å². The molecule has 2 rings (SSSR count). The minimum absolute atomic E-state index is 0.170. The first-order valence-corrected chi connectivity index (χ1v) is 8.06. The molecule has 8 heteroatoms. The van der Waals surface area contributed by atoms with Crippen LogP contribution < -0.4 is 10.5 Å². The van der Waals surface area contributed by atoms with Crippen molar-refractivity contribution in [3.05, 3.63) is 23.8 Å². The second-order valence-corrected chi connectivity index (χ2v) is 6.96. The van der Waals surface area contributed by atoms with Crippen molar-refractivity contribution in [2.75, 3.05) is 12.3 Å². The van der Waals surface area contributed by atoms with Crippen LogP contribution in [0.3, 0.4) is 0 Å². The van der Waals surface area contributed by atoms with E-state index in [4.69, 9.17) is 10.8 Å². The Kier molecular flexibility index (Phi) is 4.22. The van der Waals surface area contributed by atoms with Gasteiger partial charge in [-0.05, 0) is 31.0 Å². The van der Waals surface area contributed by atoms with Crippen molar-refractivity contribution in [3.8, 4) is 0 Å². The first kappa shape index (κ1) is 15.7. The number of carboxylic acid groups (broad SMARTS) is 1. The number of carbonyl (C=O) groups is 1.